The van der Waals surface area contributed by atoms with Gasteiger partial charge in [0.15, 0.2) is 5.16 Å². The zero-order valence-electron chi connectivity index (χ0n) is 15.7. The number of fused-ring (bicyclic) bond motifs is 1. The molecule has 146 valence electrons. The first-order valence-corrected chi connectivity index (χ1v) is 10.9. The van der Waals surface area contributed by atoms with Crippen LogP contribution >= 0.6 is 23.1 Å². The number of aliphatic carboxylic acids is 1. The molecule has 1 N–H and O–H groups in total. The first-order chi connectivity index (χ1) is 14.1. The van der Waals surface area contributed by atoms with Gasteiger partial charge in [0.2, 0.25) is 0 Å². The van der Waals surface area contributed by atoms with Crippen LogP contribution in [0.1, 0.15) is 11.3 Å². The van der Waals surface area contributed by atoms with Gasteiger partial charge in [0.1, 0.15) is 4.83 Å². The van der Waals surface area contributed by atoms with E-state index in [9.17, 15) is 9.59 Å². The minimum absolute atomic E-state index is 0.00605. The molecule has 4 rings (SSSR count). The Morgan fingerprint density at radius 1 is 1.10 bits per heavy atom. The molecule has 0 spiro atoms. The number of carbonyl (C=O) groups is 1. The standard InChI is InChI=1S/C22H18N2O3S2/c1-14-18(15-8-4-2-5-9-15)19-20(29-14)23-22(28-13-12-17(25)26)24(21(19)27)16-10-6-3-7-11-16/h2-11H,12-13H2,1H3,(H,25,26). The minimum Gasteiger partial charge on any atom is -0.481 e. The van der Waals surface area contributed by atoms with Gasteiger partial charge in [-0.2, -0.15) is 0 Å². The third-order valence-corrected chi connectivity index (χ3v) is 6.43. The van der Waals surface area contributed by atoms with Gasteiger partial charge < -0.3 is 5.11 Å². The molecular weight excluding hydrogens is 404 g/mol. The zero-order chi connectivity index (χ0) is 20.4. The third kappa shape index (κ3) is 3.83. The van der Waals surface area contributed by atoms with Crippen LogP contribution in [0.15, 0.2) is 70.6 Å². The number of aromatic nitrogens is 2. The van der Waals surface area contributed by atoms with Gasteiger partial charge in [-0.05, 0) is 24.6 Å². The number of aryl methyl sites for hydroxylation is 1. The average Bonchev–Trinajstić information content (AvgIpc) is 3.05. The molecule has 0 aliphatic rings. The molecule has 2 aromatic carbocycles. The lowest BCUT2D eigenvalue weighted by Crippen LogP contribution is -2.21. The molecule has 0 saturated heterocycles. The Hall–Kier alpha value is -2.90. The SMILES string of the molecule is Cc1sc2nc(SCCC(=O)O)n(-c3ccccc3)c(=O)c2c1-c1ccccc1. The van der Waals surface area contributed by atoms with Gasteiger partial charge in [0.25, 0.3) is 5.56 Å². The van der Waals surface area contributed by atoms with Crippen LogP contribution in [0.4, 0.5) is 0 Å². The summed E-state index contributed by atoms with van der Waals surface area (Å²) in [6.07, 6.45) is 0.00605. The monoisotopic (exact) mass is 422 g/mol. The minimum atomic E-state index is -0.870. The van der Waals surface area contributed by atoms with Crippen LogP contribution in [0.3, 0.4) is 0 Å². The lowest BCUT2D eigenvalue weighted by molar-refractivity contribution is -0.136. The highest BCUT2D eigenvalue weighted by Crippen LogP contribution is 2.36. The molecule has 0 aliphatic heterocycles. The molecule has 5 nitrogen and oxygen atoms in total. The zero-order valence-corrected chi connectivity index (χ0v) is 17.3. The molecule has 0 bridgehead atoms. The lowest BCUT2D eigenvalue weighted by atomic mass is 10.0. The van der Waals surface area contributed by atoms with Crippen LogP contribution in [0.5, 0.6) is 0 Å². The first-order valence-electron chi connectivity index (χ1n) is 9.08. The Kier molecular flexibility index (Phi) is 5.51. The van der Waals surface area contributed by atoms with Crippen LogP contribution < -0.4 is 5.56 Å². The van der Waals surface area contributed by atoms with Crippen LogP contribution in [0.25, 0.3) is 27.0 Å². The summed E-state index contributed by atoms with van der Waals surface area (Å²) in [5, 5.41) is 10.1. The van der Waals surface area contributed by atoms with Crippen molar-refractivity contribution in [1.29, 1.82) is 0 Å². The molecule has 0 saturated carbocycles. The summed E-state index contributed by atoms with van der Waals surface area (Å²) in [5.41, 5.74) is 2.48. The third-order valence-electron chi connectivity index (χ3n) is 4.50. The van der Waals surface area contributed by atoms with E-state index in [2.05, 4.69) is 0 Å². The van der Waals surface area contributed by atoms with Crippen LogP contribution in [0, 0.1) is 6.92 Å². The molecule has 29 heavy (non-hydrogen) atoms. The number of rotatable bonds is 6. The van der Waals surface area contributed by atoms with Gasteiger partial charge in [-0.1, -0.05) is 60.3 Å². The Morgan fingerprint density at radius 3 is 2.41 bits per heavy atom. The van der Waals surface area contributed by atoms with Crippen molar-refractivity contribution in [1.82, 2.24) is 9.55 Å². The number of thioether (sulfide) groups is 1. The number of nitrogens with zero attached hydrogens (tertiary/aromatic N) is 2. The number of hydrogen-bond acceptors (Lipinski definition) is 5. The van der Waals surface area contributed by atoms with Crippen molar-refractivity contribution in [2.75, 3.05) is 5.75 Å². The van der Waals surface area contributed by atoms with Crippen LogP contribution in [-0.2, 0) is 4.79 Å². The summed E-state index contributed by atoms with van der Waals surface area (Å²) in [7, 11) is 0. The molecule has 0 radical (unpaired) electrons. The Balaban J connectivity index is 1.97. The fraction of sp³-hybridized carbons (Fsp3) is 0.136. The first kappa shape index (κ1) is 19.4. The van der Waals surface area contributed by atoms with Gasteiger partial charge in [-0.15, -0.1) is 11.3 Å². The van der Waals surface area contributed by atoms with E-state index in [-0.39, 0.29) is 12.0 Å². The van der Waals surface area contributed by atoms with Crippen molar-refractivity contribution in [2.45, 2.75) is 18.5 Å². The van der Waals surface area contributed by atoms with Gasteiger partial charge in [-0.3, -0.25) is 14.2 Å². The smallest absolute Gasteiger partial charge is 0.304 e. The van der Waals surface area contributed by atoms with Crippen molar-refractivity contribution in [3.63, 3.8) is 0 Å². The second kappa shape index (κ2) is 8.23. The van der Waals surface area contributed by atoms with Crippen LogP contribution in [0.2, 0.25) is 0 Å². The topological polar surface area (TPSA) is 72.2 Å². The molecule has 0 fully saturated rings. The number of carboxylic acids is 1. The summed E-state index contributed by atoms with van der Waals surface area (Å²) in [4.78, 5) is 31.1. The summed E-state index contributed by atoms with van der Waals surface area (Å²) < 4.78 is 1.59. The quantitative estimate of drug-likeness (QED) is 0.350. The van der Waals surface area contributed by atoms with Crippen molar-refractivity contribution >= 4 is 39.3 Å². The Bertz CT molecular complexity index is 1230. The molecule has 0 amide bonds. The summed E-state index contributed by atoms with van der Waals surface area (Å²) >= 11 is 2.78. The fourth-order valence-corrected chi connectivity index (χ4v) is 5.25. The molecule has 0 aliphatic carbocycles. The highest BCUT2D eigenvalue weighted by atomic mass is 32.2. The Morgan fingerprint density at radius 2 is 1.76 bits per heavy atom. The average molecular weight is 423 g/mol. The van der Waals surface area contributed by atoms with E-state index in [1.165, 1.54) is 23.1 Å². The highest BCUT2D eigenvalue weighted by Gasteiger charge is 2.20. The van der Waals surface area contributed by atoms with Crippen molar-refractivity contribution < 1.29 is 9.90 Å². The van der Waals surface area contributed by atoms with E-state index in [1.54, 1.807) is 4.57 Å². The van der Waals surface area contributed by atoms with E-state index >= 15 is 0 Å². The maximum atomic E-state index is 13.7. The van der Waals surface area contributed by atoms with Gasteiger partial charge >= 0.3 is 5.97 Å². The normalized spacial score (nSPS) is 11.1. The predicted octanol–water partition coefficient (Wildman–Crippen LogP) is 4.99. The second-order valence-corrected chi connectivity index (χ2v) is 8.71. The molecule has 2 heterocycles. The Labute approximate surface area is 175 Å². The van der Waals surface area contributed by atoms with Crippen LogP contribution in [-0.4, -0.2) is 26.4 Å². The fourth-order valence-electron chi connectivity index (χ4n) is 3.23. The highest BCUT2D eigenvalue weighted by molar-refractivity contribution is 7.99. The molecular formula is C22H18N2O3S2. The van der Waals surface area contributed by atoms with E-state index in [0.717, 1.165) is 16.0 Å². The van der Waals surface area contributed by atoms with Crippen molar-refractivity contribution in [3.8, 4) is 16.8 Å². The number of hydrogen-bond donors (Lipinski definition) is 1. The summed E-state index contributed by atoms with van der Waals surface area (Å²) in [6.45, 7) is 2.00. The van der Waals surface area contributed by atoms with E-state index in [0.29, 0.717) is 26.8 Å². The molecule has 0 unspecified atom stereocenters. The number of thiophene rings is 1. The van der Waals surface area contributed by atoms with Gasteiger partial charge in [0.05, 0.1) is 17.5 Å². The van der Waals surface area contributed by atoms with E-state index in [1.807, 2.05) is 67.6 Å². The lowest BCUT2D eigenvalue weighted by Gasteiger charge is -2.12. The van der Waals surface area contributed by atoms with Crippen molar-refractivity contribution in [3.05, 3.63) is 75.9 Å². The summed E-state index contributed by atoms with van der Waals surface area (Å²) in [5.74, 6) is -0.527. The maximum Gasteiger partial charge on any atom is 0.304 e. The molecule has 0 atom stereocenters. The van der Waals surface area contributed by atoms with Gasteiger partial charge in [0, 0.05) is 16.2 Å². The molecule has 7 heteroatoms. The molecule has 4 aromatic rings. The van der Waals surface area contributed by atoms with E-state index in [4.69, 9.17) is 10.1 Å². The van der Waals surface area contributed by atoms with Gasteiger partial charge in [-0.25, -0.2) is 4.98 Å². The number of para-hydroxylation sites is 1. The largest absolute Gasteiger partial charge is 0.481 e. The predicted molar refractivity (Wildman–Crippen MR) is 118 cm³/mol. The summed E-state index contributed by atoms with van der Waals surface area (Å²) in [6, 6.07) is 19.2. The van der Waals surface area contributed by atoms with E-state index < -0.39 is 5.97 Å². The van der Waals surface area contributed by atoms with Crippen molar-refractivity contribution in [2.24, 2.45) is 0 Å². The number of carboxylic acid groups (broad SMARTS) is 1. The number of benzene rings is 2. The maximum absolute atomic E-state index is 13.7. The molecule has 2 aromatic heterocycles. The second-order valence-electron chi connectivity index (χ2n) is 6.44.